The molecule has 116 valence electrons. The lowest BCUT2D eigenvalue weighted by molar-refractivity contribution is -0.117. The van der Waals surface area contributed by atoms with Gasteiger partial charge in [0.1, 0.15) is 17.4 Å². The zero-order chi connectivity index (χ0) is 16.1. The van der Waals surface area contributed by atoms with Crippen molar-refractivity contribution >= 4 is 12.0 Å². The fourth-order valence-electron chi connectivity index (χ4n) is 2.50. The number of nitrogens with one attached hydrogen (secondary N) is 1. The number of carbonyl (C=O) groups excluding carboxylic acids is 1. The fraction of sp³-hybridized carbons (Fsp3) is 0.412. The van der Waals surface area contributed by atoms with E-state index in [2.05, 4.69) is 5.32 Å². The Morgan fingerprint density at radius 1 is 1.50 bits per heavy atom. The number of nitrogens with zero attached hydrogens (tertiary/aromatic N) is 1. The number of phenolic OH excluding ortho intramolecular Hbond substituents is 1. The molecule has 1 fully saturated rings. The normalized spacial score (nSPS) is 18.0. The number of phenols is 1. The molecule has 0 saturated carbocycles. The molecule has 1 amide bonds. The van der Waals surface area contributed by atoms with E-state index in [1.54, 1.807) is 26.0 Å². The number of rotatable bonds is 4. The van der Waals surface area contributed by atoms with E-state index < -0.39 is 5.91 Å². The van der Waals surface area contributed by atoms with Crippen LogP contribution in [0.1, 0.15) is 29.5 Å². The average molecular weight is 300 g/mol. The van der Waals surface area contributed by atoms with Crippen LogP contribution in [0.15, 0.2) is 17.7 Å². The topological polar surface area (TPSA) is 82.4 Å². The minimum absolute atomic E-state index is 0.0436. The Bertz CT molecular complexity index is 615. The predicted molar refractivity (Wildman–Crippen MR) is 83.2 cm³/mol. The Morgan fingerprint density at radius 2 is 2.18 bits per heavy atom. The molecule has 22 heavy (non-hydrogen) atoms. The lowest BCUT2D eigenvalue weighted by Gasteiger charge is -2.10. The number of carbonyl (C=O) groups is 1. The van der Waals surface area contributed by atoms with Crippen molar-refractivity contribution in [3.63, 3.8) is 0 Å². The molecule has 1 aromatic carbocycles. The van der Waals surface area contributed by atoms with Crippen LogP contribution in [-0.4, -0.2) is 30.3 Å². The van der Waals surface area contributed by atoms with Crippen molar-refractivity contribution in [2.24, 2.45) is 0 Å². The van der Waals surface area contributed by atoms with Gasteiger partial charge in [-0.1, -0.05) is 0 Å². The second-order valence-corrected chi connectivity index (χ2v) is 5.52. The van der Waals surface area contributed by atoms with Crippen LogP contribution in [-0.2, 0) is 9.53 Å². The van der Waals surface area contributed by atoms with Crippen LogP contribution in [0.25, 0.3) is 6.08 Å². The van der Waals surface area contributed by atoms with E-state index in [4.69, 9.17) is 4.74 Å². The van der Waals surface area contributed by atoms with Crippen molar-refractivity contribution in [1.82, 2.24) is 5.32 Å². The summed E-state index contributed by atoms with van der Waals surface area (Å²) in [5.41, 5.74) is 2.19. The van der Waals surface area contributed by atoms with Crippen molar-refractivity contribution in [1.29, 1.82) is 5.26 Å². The lowest BCUT2D eigenvalue weighted by Crippen LogP contribution is -2.32. The van der Waals surface area contributed by atoms with Gasteiger partial charge in [0.05, 0.1) is 6.10 Å². The monoisotopic (exact) mass is 300 g/mol. The van der Waals surface area contributed by atoms with Crippen LogP contribution in [0.5, 0.6) is 5.75 Å². The quantitative estimate of drug-likeness (QED) is 0.660. The third-order valence-electron chi connectivity index (χ3n) is 3.70. The van der Waals surface area contributed by atoms with Gasteiger partial charge in [0, 0.05) is 13.2 Å². The summed E-state index contributed by atoms with van der Waals surface area (Å²) in [7, 11) is 0. The number of hydrogen-bond donors (Lipinski definition) is 2. The molecule has 0 aliphatic carbocycles. The highest BCUT2D eigenvalue weighted by Gasteiger charge is 2.17. The summed E-state index contributed by atoms with van der Waals surface area (Å²) in [6.45, 7) is 4.71. The molecule has 0 spiro atoms. The van der Waals surface area contributed by atoms with Crippen molar-refractivity contribution in [2.45, 2.75) is 32.8 Å². The summed E-state index contributed by atoms with van der Waals surface area (Å²) >= 11 is 0. The number of benzene rings is 1. The van der Waals surface area contributed by atoms with E-state index in [1.165, 1.54) is 6.08 Å². The number of aryl methyl sites for hydroxylation is 2. The molecule has 0 bridgehead atoms. The first kappa shape index (κ1) is 16.1. The first-order valence-corrected chi connectivity index (χ1v) is 7.33. The number of hydrogen-bond acceptors (Lipinski definition) is 4. The van der Waals surface area contributed by atoms with E-state index in [0.717, 1.165) is 25.0 Å². The molecular weight excluding hydrogens is 280 g/mol. The van der Waals surface area contributed by atoms with Gasteiger partial charge in [0.2, 0.25) is 0 Å². The second kappa shape index (κ2) is 7.10. The Kier molecular flexibility index (Phi) is 5.18. The first-order chi connectivity index (χ1) is 10.5. The molecule has 1 atom stereocenters. The van der Waals surface area contributed by atoms with Gasteiger partial charge in [0.25, 0.3) is 5.91 Å². The number of aromatic hydroxyl groups is 1. The van der Waals surface area contributed by atoms with Gasteiger partial charge in [-0.3, -0.25) is 4.79 Å². The average Bonchev–Trinajstić information content (AvgIpc) is 3.01. The van der Waals surface area contributed by atoms with Gasteiger partial charge in [-0.05, 0) is 61.6 Å². The third kappa shape index (κ3) is 3.86. The number of ether oxygens (including phenoxy) is 1. The van der Waals surface area contributed by atoms with E-state index in [0.29, 0.717) is 17.7 Å². The van der Waals surface area contributed by atoms with Gasteiger partial charge in [-0.2, -0.15) is 5.26 Å². The lowest BCUT2D eigenvalue weighted by atomic mass is 10.0. The molecule has 1 saturated heterocycles. The Labute approximate surface area is 130 Å². The SMILES string of the molecule is Cc1cc(/C=C(\C#N)C(=O)NC[C@H]2CCCO2)cc(C)c1O. The Balaban J connectivity index is 2.09. The van der Waals surface area contributed by atoms with Crippen molar-refractivity contribution in [3.8, 4) is 11.8 Å². The van der Waals surface area contributed by atoms with E-state index in [1.807, 2.05) is 6.07 Å². The number of amides is 1. The van der Waals surface area contributed by atoms with Crippen LogP contribution >= 0.6 is 0 Å². The zero-order valence-electron chi connectivity index (χ0n) is 12.8. The summed E-state index contributed by atoms with van der Waals surface area (Å²) in [4.78, 5) is 12.1. The molecular formula is C17H20N2O3. The van der Waals surface area contributed by atoms with Crippen LogP contribution in [0.4, 0.5) is 0 Å². The highest BCUT2D eigenvalue weighted by molar-refractivity contribution is 6.01. The number of nitriles is 1. The van der Waals surface area contributed by atoms with Crippen LogP contribution < -0.4 is 5.32 Å². The van der Waals surface area contributed by atoms with Gasteiger partial charge >= 0.3 is 0 Å². The largest absolute Gasteiger partial charge is 0.507 e. The summed E-state index contributed by atoms with van der Waals surface area (Å²) in [5, 5.41) is 21.7. The smallest absolute Gasteiger partial charge is 0.262 e. The Morgan fingerprint density at radius 3 is 2.73 bits per heavy atom. The second-order valence-electron chi connectivity index (χ2n) is 5.52. The summed E-state index contributed by atoms with van der Waals surface area (Å²) in [5.74, 6) is -0.167. The molecule has 5 heteroatoms. The molecule has 2 N–H and O–H groups in total. The highest BCUT2D eigenvalue weighted by Crippen LogP contribution is 2.24. The molecule has 0 aromatic heterocycles. The standard InChI is InChI=1S/C17H20N2O3/c1-11-6-13(7-12(2)16(11)20)8-14(9-18)17(21)19-10-15-4-3-5-22-15/h6-8,15,20H,3-5,10H2,1-2H3,(H,19,21)/b14-8+/t15-/m1/s1. The first-order valence-electron chi connectivity index (χ1n) is 7.33. The summed E-state index contributed by atoms with van der Waals surface area (Å²) in [6, 6.07) is 5.41. The molecule has 2 rings (SSSR count). The van der Waals surface area contributed by atoms with Crippen LogP contribution in [0.2, 0.25) is 0 Å². The summed E-state index contributed by atoms with van der Waals surface area (Å²) in [6.07, 6.45) is 3.52. The van der Waals surface area contributed by atoms with Crippen molar-refractivity contribution in [2.75, 3.05) is 13.2 Å². The van der Waals surface area contributed by atoms with E-state index in [-0.39, 0.29) is 17.4 Å². The van der Waals surface area contributed by atoms with Gasteiger partial charge in [-0.15, -0.1) is 0 Å². The maximum absolute atomic E-state index is 12.1. The maximum Gasteiger partial charge on any atom is 0.262 e. The minimum atomic E-state index is -0.401. The molecule has 0 unspecified atom stereocenters. The van der Waals surface area contributed by atoms with Crippen molar-refractivity contribution < 1.29 is 14.6 Å². The Hall–Kier alpha value is -2.32. The maximum atomic E-state index is 12.1. The zero-order valence-corrected chi connectivity index (χ0v) is 12.8. The third-order valence-corrected chi connectivity index (χ3v) is 3.70. The molecule has 1 aromatic rings. The van der Waals surface area contributed by atoms with E-state index in [9.17, 15) is 15.2 Å². The molecule has 1 aliphatic heterocycles. The van der Waals surface area contributed by atoms with Gasteiger partial charge < -0.3 is 15.2 Å². The fourth-order valence-corrected chi connectivity index (χ4v) is 2.50. The minimum Gasteiger partial charge on any atom is -0.507 e. The summed E-state index contributed by atoms with van der Waals surface area (Å²) < 4.78 is 5.43. The van der Waals surface area contributed by atoms with Gasteiger partial charge in [0.15, 0.2) is 0 Å². The van der Waals surface area contributed by atoms with Crippen molar-refractivity contribution in [3.05, 3.63) is 34.4 Å². The molecule has 5 nitrogen and oxygen atoms in total. The molecule has 1 heterocycles. The van der Waals surface area contributed by atoms with Crippen LogP contribution in [0.3, 0.4) is 0 Å². The van der Waals surface area contributed by atoms with E-state index >= 15 is 0 Å². The van der Waals surface area contributed by atoms with Crippen LogP contribution in [0, 0.1) is 25.2 Å². The highest BCUT2D eigenvalue weighted by atomic mass is 16.5. The molecule has 1 aliphatic rings. The van der Waals surface area contributed by atoms with Gasteiger partial charge in [-0.25, -0.2) is 0 Å². The molecule has 0 radical (unpaired) electrons. The predicted octanol–water partition coefficient (Wildman–Crippen LogP) is 2.21.